The summed E-state index contributed by atoms with van der Waals surface area (Å²) in [6.45, 7) is 10.1. The highest BCUT2D eigenvalue weighted by Crippen LogP contribution is 2.28. The topological polar surface area (TPSA) is 47.6 Å². The summed E-state index contributed by atoms with van der Waals surface area (Å²) >= 11 is 0. The van der Waals surface area contributed by atoms with E-state index in [-0.39, 0.29) is 13.4 Å². The van der Waals surface area contributed by atoms with Crippen molar-refractivity contribution in [2.45, 2.75) is 65.7 Å². The van der Waals surface area contributed by atoms with Gasteiger partial charge in [0, 0.05) is 32.8 Å². The van der Waals surface area contributed by atoms with E-state index in [1.165, 1.54) is 0 Å². The number of rotatable bonds is 9. The number of methoxy groups -OCH3 is 2. The van der Waals surface area contributed by atoms with Crippen molar-refractivity contribution in [3.8, 4) is 11.1 Å². The molecular formula is C25H39NO3. The molecule has 0 saturated carbocycles. The molecule has 1 amide bonds. The van der Waals surface area contributed by atoms with Crippen LogP contribution in [-0.2, 0) is 15.3 Å². The summed E-state index contributed by atoms with van der Waals surface area (Å²) in [5.41, 5.74) is 3.68. The van der Waals surface area contributed by atoms with Gasteiger partial charge in [0.05, 0.1) is 0 Å². The Balaban J connectivity index is 0.00000272. The molecule has 1 atom stereocenters. The third kappa shape index (κ3) is 6.69. The van der Waals surface area contributed by atoms with Gasteiger partial charge < -0.3 is 14.8 Å². The molecule has 2 aromatic carbocycles. The molecule has 0 saturated heterocycles. The molecule has 0 aliphatic carbocycles. The van der Waals surface area contributed by atoms with Gasteiger partial charge in [-0.3, -0.25) is 4.79 Å². The van der Waals surface area contributed by atoms with Crippen LogP contribution in [0.15, 0.2) is 48.5 Å². The van der Waals surface area contributed by atoms with E-state index in [1.54, 1.807) is 14.2 Å². The molecule has 2 rings (SSSR count). The summed E-state index contributed by atoms with van der Waals surface area (Å²) in [4.78, 5) is 12.6. The van der Waals surface area contributed by atoms with Gasteiger partial charge in [-0.15, -0.1) is 0 Å². The number of carbonyl (C=O) groups is 1. The van der Waals surface area contributed by atoms with Crippen LogP contribution >= 0.6 is 0 Å². The Kier molecular flexibility index (Phi) is 10.6. The zero-order valence-electron chi connectivity index (χ0n) is 19.0. The molecule has 162 valence electrons. The quantitative estimate of drug-likeness (QED) is 0.495. The van der Waals surface area contributed by atoms with Gasteiger partial charge in [-0.25, -0.2) is 0 Å². The highest BCUT2D eigenvalue weighted by atomic mass is 16.7. The van der Waals surface area contributed by atoms with Crippen molar-refractivity contribution in [3.63, 3.8) is 0 Å². The van der Waals surface area contributed by atoms with Crippen molar-refractivity contribution >= 4 is 5.91 Å². The lowest BCUT2D eigenvalue weighted by molar-refractivity contribution is -0.201. The Hall–Kier alpha value is -2.17. The first-order chi connectivity index (χ1) is 14.0. The number of ether oxygens (including phenoxy) is 2. The van der Waals surface area contributed by atoms with E-state index in [0.29, 0.717) is 5.56 Å². The van der Waals surface area contributed by atoms with Crippen molar-refractivity contribution in [3.05, 3.63) is 59.7 Å². The minimum atomic E-state index is -0.769. The fourth-order valence-electron chi connectivity index (χ4n) is 3.12. The number of hydrogen-bond donors (Lipinski definition) is 1. The number of hydrogen-bond acceptors (Lipinski definition) is 3. The Morgan fingerprint density at radius 2 is 1.66 bits per heavy atom. The summed E-state index contributed by atoms with van der Waals surface area (Å²) in [5, 5.41) is 3.13. The van der Waals surface area contributed by atoms with E-state index in [9.17, 15) is 4.79 Å². The molecule has 1 unspecified atom stereocenters. The van der Waals surface area contributed by atoms with E-state index in [0.717, 1.165) is 36.0 Å². The summed E-state index contributed by atoms with van der Waals surface area (Å²) in [6.07, 6.45) is 3.01. The summed E-state index contributed by atoms with van der Waals surface area (Å²) in [6, 6.07) is 16.0. The first-order valence-corrected chi connectivity index (χ1v) is 10.6. The highest BCUT2D eigenvalue weighted by molar-refractivity contribution is 5.95. The third-order valence-corrected chi connectivity index (χ3v) is 5.11. The Labute approximate surface area is 178 Å². The lowest BCUT2D eigenvalue weighted by Crippen LogP contribution is -2.34. The van der Waals surface area contributed by atoms with Gasteiger partial charge >= 0.3 is 0 Å². The van der Waals surface area contributed by atoms with E-state index in [2.05, 4.69) is 19.2 Å². The fourth-order valence-corrected chi connectivity index (χ4v) is 3.12. The molecule has 0 aliphatic rings. The molecule has 29 heavy (non-hydrogen) atoms. The molecule has 2 aromatic rings. The standard InChI is InChI=1S/C23H31NO3.C2H6.H2/c1-6-9-21(7-2)24-22(25)19-11-8-10-18(16-19)17-12-14-20(15-13-17)23(3,26-4)27-5;1-2;/h8,10-16,21H,6-7,9H2,1-5H3,(H,24,25);1-2H3;1H. The second-order valence-electron chi connectivity index (χ2n) is 6.88. The van der Waals surface area contributed by atoms with Crippen molar-refractivity contribution in [2.75, 3.05) is 14.2 Å². The lowest BCUT2D eigenvalue weighted by Gasteiger charge is -2.26. The second kappa shape index (κ2) is 12.4. The Morgan fingerprint density at radius 1 is 1.03 bits per heavy atom. The number of amides is 1. The second-order valence-corrected chi connectivity index (χ2v) is 6.88. The van der Waals surface area contributed by atoms with Crippen LogP contribution in [0.4, 0.5) is 0 Å². The molecule has 0 fully saturated rings. The average molecular weight is 402 g/mol. The van der Waals surface area contributed by atoms with E-state index < -0.39 is 5.79 Å². The van der Waals surface area contributed by atoms with Gasteiger partial charge in [-0.05, 0) is 43.0 Å². The molecule has 0 aromatic heterocycles. The summed E-state index contributed by atoms with van der Waals surface area (Å²) in [7, 11) is 3.25. The number of benzene rings is 2. The van der Waals surface area contributed by atoms with Crippen LogP contribution in [0, 0.1) is 0 Å². The van der Waals surface area contributed by atoms with Crippen LogP contribution in [0.5, 0.6) is 0 Å². The largest absolute Gasteiger partial charge is 0.349 e. The minimum absolute atomic E-state index is 0. The molecule has 4 heteroatoms. The zero-order valence-corrected chi connectivity index (χ0v) is 19.0. The maximum absolute atomic E-state index is 12.6. The van der Waals surface area contributed by atoms with Crippen LogP contribution in [-0.4, -0.2) is 26.2 Å². The molecule has 0 aliphatic heterocycles. The fraction of sp³-hybridized carbons (Fsp3) is 0.480. The van der Waals surface area contributed by atoms with Crippen LogP contribution in [0.1, 0.15) is 71.2 Å². The third-order valence-electron chi connectivity index (χ3n) is 5.11. The molecule has 0 heterocycles. The van der Waals surface area contributed by atoms with Gasteiger partial charge in [0.25, 0.3) is 5.91 Å². The molecule has 0 radical (unpaired) electrons. The van der Waals surface area contributed by atoms with Crippen molar-refractivity contribution in [1.29, 1.82) is 0 Å². The maximum atomic E-state index is 12.6. The van der Waals surface area contributed by atoms with Gasteiger partial charge in [0.2, 0.25) is 0 Å². The molecule has 0 spiro atoms. The minimum Gasteiger partial charge on any atom is -0.349 e. The molecular weight excluding hydrogens is 362 g/mol. The first kappa shape index (κ1) is 24.9. The Morgan fingerprint density at radius 3 is 2.17 bits per heavy atom. The maximum Gasteiger partial charge on any atom is 0.251 e. The van der Waals surface area contributed by atoms with Gasteiger partial charge in [0.15, 0.2) is 5.79 Å². The van der Waals surface area contributed by atoms with Crippen LogP contribution < -0.4 is 5.32 Å². The number of carbonyl (C=O) groups excluding carboxylic acids is 1. The normalized spacial score (nSPS) is 12.0. The predicted molar refractivity (Wildman–Crippen MR) is 123 cm³/mol. The van der Waals surface area contributed by atoms with Crippen molar-refractivity contribution < 1.29 is 15.7 Å². The van der Waals surface area contributed by atoms with Crippen LogP contribution in [0.3, 0.4) is 0 Å². The molecule has 1 N–H and O–H groups in total. The molecule has 4 nitrogen and oxygen atoms in total. The average Bonchev–Trinajstić information content (AvgIpc) is 2.79. The SMILES string of the molecule is CC.CCCC(CC)NC(=O)c1cccc(-c2ccc(C(C)(OC)OC)cc2)c1.[HH]. The van der Waals surface area contributed by atoms with E-state index in [4.69, 9.17) is 9.47 Å². The summed E-state index contributed by atoms with van der Waals surface area (Å²) < 4.78 is 10.9. The van der Waals surface area contributed by atoms with Crippen molar-refractivity contribution in [2.24, 2.45) is 0 Å². The lowest BCUT2D eigenvalue weighted by atomic mass is 9.99. The molecule has 0 bridgehead atoms. The zero-order chi connectivity index (χ0) is 21.9. The summed E-state index contributed by atoms with van der Waals surface area (Å²) in [5.74, 6) is -0.783. The van der Waals surface area contributed by atoms with Gasteiger partial charge in [-0.1, -0.05) is 70.5 Å². The van der Waals surface area contributed by atoms with Gasteiger partial charge in [0.1, 0.15) is 0 Å². The van der Waals surface area contributed by atoms with Crippen LogP contribution in [0.25, 0.3) is 11.1 Å². The predicted octanol–water partition coefficient (Wildman–Crippen LogP) is 6.40. The van der Waals surface area contributed by atoms with E-state index >= 15 is 0 Å². The number of nitrogens with one attached hydrogen (secondary N) is 1. The first-order valence-electron chi connectivity index (χ1n) is 10.6. The van der Waals surface area contributed by atoms with Gasteiger partial charge in [-0.2, -0.15) is 0 Å². The van der Waals surface area contributed by atoms with Crippen LogP contribution in [0.2, 0.25) is 0 Å². The Bertz CT molecular complexity index is 742. The smallest absolute Gasteiger partial charge is 0.251 e. The van der Waals surface area contributed by atoms with E-state index in [1.807, 2.05) is 69.3 Å². The monoisotopic (exact) mass is 401 g/mol. The highest BCUT2D eigenvalue weighted by Gasteiger charge is 2.25. The van der Waals surface area contributed by atoms with Crippen molar-refractivity contribution in [1.82, 2.24) is 5.32 Å².